The van der Waals surface area contributed by atoms with Crippen molar-refractivity contribution in [1.82, 2.24) is 0 Å². The molecule has 0 saturated carbocycles. The van der Waals surface area contributed by atoms with E-state index in [9.17, 15) is 0 Å². The third kappa shape index (κ3) is 1.13. The van der Waals surface area contributed by atoms with Crippen molar-refractivity contribution in [3.05, 3.63) is 23.1 Å². The van der Waals surface area contributed by atoms with Crippen LogP contribution in [0.1, 0.15) is 12.8 Å². The van der Waals surface area contributed by atoms with Gasteiger partial charge < -0.3 is 0 Å². The summed E-state index contributed by atoms with van der Waals surface area (Å²) in [6.07, 6.45) is 10.2. The number of hydrogen-bond donors (Lipinski definition) is 0. The van der Waals surface area contributed by atoms with Gasteiger partial charge >= 0.3 is 84.0 Å². The van der Waals surface area contributed by atoms with Gasteiger partial charge in [0, 0.05) is 0 Å². The van der Waals surface area contributed by atoms with Crippen molar-refractivity contribution in [3.8, 4) is 0 Å². The summed E-state index contributed by atoms with van der Waals surface area (Å²) in [6.45, 7) is 0. The van der Waals surface area contributed by atoms with Gasteiger partial charge in [0.25, 0.3) is 0 Å². The first-order chi connectivity index (χ1) is 5.93. The molecule has 2 aliphatic heterocycles. The zero-order valence-corrected chi connectivity index (χ0v) is 9.43. The second-order valence-corrected chi connectivity index (χ2v) is 7.70. The number of hydrogen-bond acceptors (Lipinski definition) is 1. The van der Waals surface area contributed by atoms with Gasteiger partial charge in [0.05, 0.1) is 0 Å². The molecule has 3 atom stereocenters. The maximum absolute atomic E-state index is 2.49. The molecular formula is C10H12SSe. The van der Waals surface area contributed by atoms with Crippen molar-refractivity contribution in [2.45, 2.75) is 22.5 Å². The molecule has 1 fully saturated rings. The van der Waals surface area contributed by atoms with E-state index in [1.807, 2.05) is 0 Å². The summed E-state index contributed by atoms with van der Waals surface area (Å²) in [5.41, 5.74) is 0. The Bertz CT molecular complexity index is 257. The molecule has 12 heavy (non-hydrogen) atoms. The molecule has 64 valence electrons. The molecular weight excluding hydrogens is 231 g/mol. The van der Waals surface area contributed by atoms with Crippen LogP contribution in [0.3, 0.4) is 0 Å². The van der Waals surface area contributed by atoms with Crippen LogP contribution in [0.4, 0.5) is 0 Å². The van der Waals surface area contributed by atoms with Gasteiger partial charge in [-0.25, -0.2) is 0 Å². The molecule has 1 saturated heterocycles. The molecule has 0 nitrogen and oxygen atoms in total. The minimum absolute atomic E-state index is 0.891. The van der Waals surface area contributed by atoms with Crippen LogP contribution in [0, 0.1) is 5.92 Å². The summed E-state index contributed by atoms with van der Waals surface area (Å²) < 4.78 is 0. The first-order valence-electron chi connectivity index (χ1n) is 4.60. The van der Waals surface area contributed by atoms with Gasteiger partial charge in [-0.2, -0.15) is 0 Å². The third-order valence-corrected chi connectivity index (χ3v) is 7.68. The Kier molecular flexibility index (Phi) is 1.89. The molecule has 0 aromatic rings. The van der Waals surface area contributed by atoms with E-state index in [-0.39, 0.29) is 0 Å². The van der Waals surface area contributed by atoms with Gasteiger partial charge in [0.15, 0.2) is 0 Å². The molecule has 0 aromatic heterocycles. The predicted octanol–water partition coefficient (Wildman–Crippen LogP) is 2.88. The van der Waals surface area contributed by atoms with E-state index in [4.69, 9.17) is 0 Å². The number of fused-ring (bicyclic) bond motifs is 2. The molecule has 2 bridgehead atoms. The van der Waals surface area contributed by atoms with E-state index < -0.39 is 0 Å². The molecule has 0 spiro atoms. The zero-order valence-electron chi connectivity index (χ0n) is 6.90. The average molecular weight is 243 g/mol. The summed E-state index contributed by atoms with van der Waals surface area (Å²) in [5.74, 6) is 2.29. The van der Waals surface area contributed by atoms with Crippen LogP contribution >= 0.6 is 11.8 Å². The van der Waals surface area contributed by atoms with Gasteiger partial charge in [0.1, 0.15) is 0 Å². The van der Waals surface area contributed by atoms with E-state index in [0.29, 0.717) is 0 Å². The second-order valence-electron chi connectivity index (χ2n) is 3.62. The maximum atomic E-state index is 2.49. The molecule has 0 N–H and O–H groups in total. The van der Waals surface area contributed by atoms with E-state index in [0.717, 1.165) is 30.5 Å². The van der Waals surface area contributed by atoms with Crippen molar-refractivity contribution < 1.29 is 0 Å². The van der Waals surface area contributed by atoms with Gasteiger partial charge in [0.2, 0.25) is 0 Å². The van der Waals surface area contributed by atoms with E-state index in [1.54, 1.807) is 4.91 Å². The van der Waals surface area contributed by atoms with Gasteiger partial charge in [-0.1, -0.05) is 0 Å². The average Bonchev–Trinajstić information content (AvgIpc) is 2.81. The van der Waals surface area contributed by atoms with Crippen LogP contribution in [-0.2, 0) is 0 Å². The van der Waals surface area contributed by atoms with Crippen LogP contribution < -0.4 is 0 Å². The number of allylic oxidation sites excluding steroid dienone is 4. The SMILES string of the molecule is C1=CC2CC1[Se][C@@H]2C1=CCCS1. The van der Waals surface area contributed by atoms with Crippen LogP contribution in [0.15, 0.2) is 23.1 Å². The Morgan fingerprint density at radius 1 is 1.42 bits per heavy atom. The molecule has 2 heteroatoms. The van der Waals surface area contributed by atoms with E-state index >= 15 is 0 Å². The fourth-order valence-corrected chi connectivity index (χ4v) is 7.18. The van der Waals surface area contributed by atoms with Crippen molar-refractivity contribution in [1.29, 1.82) is 0 Å². The molecule has 0 aromatic carbocycles. The van der Waals surface area contributed by atoms with Gasteiger partial charge in [-0.15, -0.1) is 0 Å². The summed E-state index contributed by atoms with van der Waals surface area (Å²) in [7, 11) is 0. The van der Waals surface area contributed by atoms with Crippen LogP contribution in [0.2, 0.25) is 9.63 Å². The molecule has 2 unspecified atom stereocenters. The van der Waals surface area contributed by atoms with Crippen LogP contribution in [0.5, 0.6) is 0 Å². The molecule has 0 amide bonds. The quantitative estimate of drug-likeness (QED) is 0.504. The Hall–Kier alpha value is 0.349. The molecule has 3 aliphatic rings. The molecule has 2 heterocycles. The Morgan fingerprint density at radius 3 is 3.00 bits per heavy atom. The van der Waals surface area contributed by atoms with E-state index in [1.165, 1.54) is 18.6 Å². The monoisotopic (exact) mass is 244 g/mol. The molecule has 1 aliphatic carbocycles. The van der Waals surface area contributed by atoms with Crippen molar-refractivity contribution >= 4 is 26.7 Å². The molecule has 0 radical (unpaired) electrons. The van der Waals surface area contributed by atoms with Gasteiger partial charge in [-0.05, 0) is 0 Å². The zero-order chi connectivity index (χ0) is 7.97. The summed E-state index contributed by atoms with van der Waals surface area (Å²) in [4.78, 5) is 3.72. The van der Waals surface area contributed by atoms with Gasteiger partial charge in [-0.3, -0.25) is 0 Å². The van der Waals surface area contributed by atoms with Crippen LogP contribution in [0.25, 0.3) is 0 Å². The summed E-state index contributed by atoms with van der Waals surface area (Å²) in [6, 6.07) is 0. The number of thioether (sulfide) groups is 1. The fourth-order valence-electron chi connectivity index (χ4n) is 2.22. The van der Waals surface area contributed by atoms with Crippen molar-refractivity contribution in [2.75, 3.05) is 5.75 Å². The second kappa shape index (κ2) is 2.94. The Balaban J connectivity index is 1.82. The van der Waals surface area contributed by atoms with E-state index in [2.05, 4.69) is 30.0 Å². The summed E-state index contributed by atoms with van der Waals surface area (Å²) >= 11 is 3.01. The predicted molar refractivity (Wildman–Crippen MR) is 55.7 cm³/mol. The first-order valence-corrected chi connectivity index (χ1v) is 7.56. The number of rotatable bonds is 1. The first kappa shape index (κ1) is 7.73. The Morgan fingerprint density at radius 2 is 2.42 bits per heavy atom. The van der Waals surface area contributed by atoms with Crippen molar-refractivity contribution in [3.63, 3.8) is 0 Å². The minimum atomic E-state index is 0.891. The topological polar surface area (TPSA) is 0 Å². The normalized spacial score (nSPS) is 44.0. The molecule has 3 rings (SSSR count). The van der Waals surface area contributed by atoms with Crippen molar-refractivity contribution in [2.24, 2.45) is 5.92 Å². The third-order valence-electron chi connectivity index (χ3n) is 2.80. The van der Waals surface area contributed by atoms with Crippen LogP contribution in [-0.4, -0.2) is 20.7 Å². The Labute approximate surface area is 84.0 Å². The fraction of sp³-hybridized carbons (Fsp3) is 0.600. The summed E-state index contributed by atoms with van der Waals surface area (Å²) in [5, 5.41) is 0. The standard InChI is InChI=1S/C10H12SSe/c1-2-9(11-5-1)10-7-3-4-8(6-7)12-10/h2-4,7-8,10H,1,5-6H2/t7?,8?,10-/m0/s1.